The summed E-state index contributed by atoms with van der Waals surface area (Å²) in [4.78, 5) is 23.5. The summed E-state index contributed by atoms with van der Waals surface area (Å²) in [6.45, 7) is 2.19. The van der Waals surface area contributed by atoms with E-state index < -0.39 is 11.9 Å². The van der Waals surface area contributed by atoms with Crippen molar-refractivity contribution in [1.82, 2.24) is 15.3 Å². The number of piperidine rings is 1. The Morgan fingerprint density at radius 3 is 2.61 bits per heavy atom. The molecule has 0 unspecified atom stereocenters. The summed E-state index contributed by atoms with van der Waals surface area (Å²) in [5, 5.41) is 6.02. The van der Waals surface area contributed by atoms with Crippen molar-refractivity contribution in [1.29, 1.82) is 0 Å². The van der Waals surface area contributed by atoms with Crippen LogP contribution in [0.5, 0.6) is 5.75 Å². The van der Waals surface area contributed by atoms with E-state index in [2.05, 4.69) is 30.2 Å². The van der Waals surface area contributed by atoms with E-state index in [0.717, 1.165) is 30.2 Å². The molecule has 4 N–H and O–H groups in total. The van der Waals surface area contributed by atoms with E-state index in [4.69, 9.17) is 5.73 Å². The van der Waals surface area contributed by atoms with Gasteiger partial charge in [0.1, 0.15) is 23.7 Å². The number of alkyl halides is 3. The van der Waals surface area contributed by atoms with E-state index >= 15 is 0 Å². The van der Waals surface area contributed by atoms with Crippen LogP contribution in [-0.4, -0.2) is 47.4 Å². The third-order valence-corrected chi connectivity index (χ3v) is 5.61. The summed E-state index contributed by atoms with van der Waals surface area (Å²) in [5.74, 6) is 1.16. The number of anilines is 2. The van der Waals surface area contributed by atoms with Crippen LogP contribution in [0.15, 0.2) is 30.6 Å². The lowest BCUT2D eigenvalue weighted by Crippen LogP contribution is -2.59. The van der Waals surface area contributed by atoms with Crippen LogP contribution in [0.25, 0.3) is 0 Å². The third-order valence-electron chi connectivity index (χ3n) is 5.61. The topological polar surface area (TPSA) is 105 Å². The molecule has 1 saturated heterocycles. The molecule has 2 aliphatic heterocycles. The van der Waals surface area contributed by atoms with Crippen LogP contribution in [0.4, 0.5) is 24.8 Å². The predicted octanol–water partition coefficient (Wildman–Crippen LogP) is 1.96. The van der Waals surface area contributed by atoms with Gasteiger partial charge in [-0.3, -0.25) is 4.79 Å². The van der Waals surface area contributed by atoms with Gasteiger partial charge in [0.2, 0.25) is 5.91 Å². The summed E-state index contributed by atoms with van der Waals surface area (Å²) >= 11 is 0. The fraction of sp³-hybridized carbons (Fsp3) is 0.450. The minimum absolute atomic E-state index is 0.166. The molecule has 3 heterocycles. The molecule has 31 heavy (non-hydrogen) atoms. The van der Waals surface area contributed by atoms with Crippen molar-refractivity contribution in [3.05, 3.63) is 41.7 Å². The molecule has 0 atom stereocenters. The molecule has 0 radical (unpaired) electrons. The van der Waals surface area contributed by atoms with E-state index in [1.165, 1.54) is 30.6 Å². The Kier molecular flexibility index (Phi) is 5.61. The zero-order valence-corrected chi connectivity index (χ0v) is 16.7. The van der Waals surface area contributed by atoms with Gasteiger partial charge in [0.15, 0.2) is 0 Å². The number of amides is 1. The second-order valence-corrected chi connectivity index (χ2v) is 7.72. The highest BCUT2D eigenvalue weighted by Crippen LogP contribution is 2.31. The number of benzene rings is 1. The van der Waals surface area contributed by atoms with Gasteiger partial charge in [-0.05, 0) is 37.0 Å². The number of fused-ring (bicyclic) bond motifs is 1. The van der Waals surface area contributed by atoms with Crippen molar-refractivity contribution >= 4 is 17.5 Å². The maximum absolute atomic E-state index is 12.7. The molecule has 2 aliphatic rings. The quantitative estimate of drug-likeness (QED) is 0.658. The highest BCUT2D eigenvalue weighted by molar-refractivity contribution is 5.86. The van der Waals surface area contributed by atoms with Gasteiger partial charge in [-0.1, -0.05) is 12.1 Å². The van der Waals surface area contributed by atoms with Crippen molar-refractivity contribution in [3.63, 3.8) is 0 Å². The number of rotatable bonds is 5. The molecule has 1 aromatic heterocycles. The van der Waals surface area contributed by atoms with Gasteiger partial charge in [0, 0.05) is 31.7 Å². The Labute approximate surface area is 177 Å². The second kappa shape index (κ2) is 8.22. The molecule has 0 bridgehead atoms. The van der Waals surface area contributed by atoms with E-state index in [-0.39, 0.29) is 18.2 Å². The molecule has 2 aromatic rings. The van der Waals surface area contributed by atoms with Gasteiger partial charge in [-0.25, -0.2) is 9.97 Å². The van der Waals surface area contributed by atoms with Gasteiger partial charge in [-0.15, -0.1) is 13.2 Å². The molecular formula is C20H23F3N6O2. The number of nitrogens with two attached hydrogens (primary N) is 1. The standard InChI is InChI=1S/C20H23F3N6O2/c21-20(22,23)31-14-3-1-13(2-4-14)11-26-18(30)19(24)6-9-29(10-7-19)17-15-5-8-25-16(15)27-12-28-17/h1-4,12H,5-11,24H2,(H,26,30)(H,25,27,28). The Bertz CT molecular complexity index is 943. The van der Waals surface area contributed by atoms with Gasteiger partial charge in [0.25, 0.3) is 0 Å². The molecule has 0 aliphatic carbocycles. The van der Waals surface area contributed by atoms with Crippen LogP contribution in [0.3, 0.4) is 0 Å². The number of nitrogens with one attached hydrogen (secondary N) is 2. The molecule has 8 nitrogen and oxygen atoms in total. The van der Waals surface area contributed by atoms with Crippen molar-refractivity contribution in [3.8, 4) is 5.75 Å². The minimum atomic E-state index is -4.74. The summed E-state index contributed by atoms with van der Waals surface area (Å²) < 4.78 is 40.6. The number of carbonyl (C=O) groups is 1. The SMILES string of the molecule is NC1(C(=O)NCc2ccc(OC(F)(F)F)cc2)CCN(c2ncnc3c2CCN3)CC1. The number of nitrogens with zero attached hydrogens (tertiary/aromatic N) is 3. The molecule has 1 aromatic carbocycles. The Morgan fingerprint density at radius 2 is 1.94 bits per heavy atom. The second-order valence-electron chi connectivity index (χ2n) is 7.72. The normalized spacial score (nSPS) is 17.6. The molecule has 4 rings (SSSR count). The fourth-order valence-electron chi connectivity index (χ4n) is 3.88. The first kappa shape index (κ1) is 21.2. The Hall–Kier alpha value is -3.08. The number of aromatic nitrogens is 2. The molecule has 0 saturated carbocycles. The van der Waals surface area contributed by atoms with E-state index in [1.807, 2.05) is 0 Å². The summed E-state index contributed by atoms with van der Waals surface area (Å²) in [6.07, 6.45) is -1.41. The van der Waals surface area contributed by atoms with Gasteiger partial charge in [-0.2, -0.15) is 0 Å². The molecule has 1 fully saturated rings. The van der Waals surface area contributed by atoms with E-state index in [1.54, 1.807) is 0 Å². The minimum Gasteiger partial charge on any atom is -0.406 e. The maximum atomic E-state index is 12.7. The summed E-state index contributed by atoms with van der Waals surface area (Å²) in [5.41, 5.74) is 7.11. The number of hydrogen-bond acceptors (Lipinski definition) is 7. The average Bonchev–Trinajstić information content (AvgIpc) is 3.21. The highest BCUT2D eigenvalue weighted by Gasteiger charge is 2.38. The van der Waals surface area contributed by atoms with Crippen molar-refractivity contribution in [2.24, 2.45) is 5.73 Å². The van der Waals surface area contributed by atoms with Crippen LogP contribution in [-0.2, 0) is 17.8 Å². The van der Waals surface area contributed by atoms with Crippen LogP contribution in [0.2, 0.25) is 0 Å². The number of halogens is 3. The van der Waals surface area contributed by atoms with Crippen LogP contribution in [0, 0.1) is 0 Å². The zero-order valence-electron chi connectivity index (χ0n) is 16.7. The first-order valence-corrected chi connectivity index (χ1v) is 9.98. The highest BCUT2D eigenvalue weighted by atomic mass is 19.4. The summed E-state index contributed by atoms with van der Waals surface area (Å²) in [6, 6.07) is 5.36. The maximum Gasteiger partial charge on any atom is 0.573 e. The Morgan fingerprint density at radius 1 is 1.23 bits per heavy atom. The van der Waals surface area contributed by atoms with Gasteiger partial charge >= 0.3 is 6.36 Å². The molecular weight excluding hydrogens is 413 g/mol. The monoisotopic (exact) mass is 436 g/mol. The zero-order chi connectivity index (χ0) is 22.1. The van der Waals surface area contributed by atoms with E-state index in [9.17, 15) is 18.0 Å². The number of hydrogen-bond donors (Lipinski definition) is 3. The lowest BCUT2D eigenvalue weighted by Gasteiger charge is -2.39. The van der Waals surface area contributed by atoms with Crippen molar-refractivity contribution in [2.45, 2.75) is 37.7 Å². The number of carbonyl (C=O) groups excluding carboxylic acids is 1. The summed E-state index contributed by atoms with van der Waals surface area (Å²) in [7, 11) is 0. The first-order chi connectivity index (χ1) is 14.7. The smallest absolute Gasteiger partial charge is 0.406 e. The van der Waals surface area contributed by atoms with Gasteiger partial charge in [0.05, 0.1) is 5.54 Å². The molecule has 0 spiro atoms. The predicted molar refractivity (Wildman–Crippen MR) is 108 cm³/mol. The fourth-order valence-corrected chi connectivity index (χ4v) is 3.88. The van der Waals surface area contributed by atoms with Crippen LogP contribution in [0.1, 0.15) is 24.0 Å². The van der Waals surface area contributed by atoms with Crippen molar-refractivity contribution < 1.29 is 22.7 Å². The van der Waals surface area contributed by atoms with Crippen LogP contribution < -0.4 is 26.0 Å². The molecule has 1 amide bonds. The van der Waals surface area contributed by atoms with E-state index in [0.29, 0.717) is 31.5 Å². The first-order valence-electron chi connectivity index (χ1n) is 9.98. The van der Waals surface area contributed by atoms with Gasteiger partial charge < -0.3 is 26.0 Å². The lowest BCUT2D eigenvalue weighted by molar-refractivity contribution is -0.274. The average molecular weight is 436 g/mol. The lowest BCUT2D eigenvalue weighted by atomic mass is 9.87. The largest absolute Gasteiger partial charge is 0.573 e. The van der Waals surface area contributed by atoms with Crippen molar-refractivity contribution in [2.75, 3.05) is 29.9 Å². The third kappa shape index (κ3) is 4.82. The Balaban J connectivity index is 1.31. The molecule has 11 heteroatoms. The van der Waals surface area contributed by atoms with Crippen LogP contribution >= 0.6 is 0 Å². The molecule has 166 valence electrons. The number of ether oxygens (including phenoxy) is 1.